The maximum atomic E-state index is 12.4. The van der Waals surface area contributed by atoms with Crippen molar-refractivity contribution in [3.05, 3.63) is 0 Å². The van der Waals surface area contributed by atoms with Gasteiger partial charge in [-0.15, -0.1) is 0 Å². The number of hydrogen-bond acceptors (Lipinski definition) is 4. The standard InChI is InChI=1S/C15H27N3O2/c16-14(11-5-9-20-10-6-11)15(19)17-12-4-8-18-7-2-1-3-13(12)18/h11-14H,1-10,16H2,(H,17,19). The van der Waals surface area contributed by atoms with E-state index < -0.39 is 0 Å². The highest BCUT2D eigenvalue weighted by atomic mass is 16.5. The molecule has 5 nitrogen and oxygen atoms in total. The van der Waals surface area contributed by atoms with Crippen molar-refractivity contribution in [1.82, 2.24) is 10.2 Å². The third-order valence-electron chi connectivity index (χ3n) is 5.26. The van der Waals surface area contributed by atoms with Crippen molar-refractivity contribution in [2.24, 2.45) is 11.7 Å². The average Bonchev–Trinajstić information content (AvgIpc) is 2.91. The molecule has 114 valence electrons. The number of fused-ring (bicyclic) bond motifs is 1. The predicted molar refractivity (Wildman–Crippen MR) is 77.3 cm³/mol. The summed E-state index contributed by atoms with van der Waals surface area (Å²) < 4.78 is 5.34. The summed E-state index contributed by atoms with van der Waals surface area (Å²) in [6, 6.07) is 0.500. The molecule has 0 aromatic carbocycles. The highest BCUT2D eigenvalue weighted by Gasteiger charge is 2.37. The summed E-state index contributed by atoms with van der Waals surface area (Å²) in [7, 11) is 0. The van der Waals surface area contributed by atoms with Gasteiger partial charge in [0, 0.05) is 31.8 Å². The zero-order valence-electron chi connectivity index (χ0n) is 12.2. The molecule has 3 unspecified atom stereocenters. The van der Waals surface area contributed by atoms with Crippen LogP contribution in [0.1, 0.15) is 38.5 Å². The molecule has 3 N–H and O–H groups in total. The molecule has 0 bridgehead atoms. The topological polar surface area (TPSA) is 67.6 Å². The summed E-state index contributed by atoms with van der Waals surface area (Å²) in [6.45, 7) is 3.81. The number of nitrogens with two attached hydrogens (primary N) is 1. The van der Waals surface area contributed by atoms with E-state index in [0.717, 1.165) is 39.0 Å². The van der Waals surface area contributed by atoms with Crippen LogP contribution in [0.15, 0.2) is 0 Å². The van der Waals surface area contributed by atoms with E-state index in [1.54, 1.807) is 0 Å². The number of amides is 1. The Morgan fingerprint density at radius 2 is 1.95 bits per heavy atom. The Morgan fingerprint density at radius 1 is 1.15 bits per heavy atom. The van der Waals surface area contributed by atoms with Gasteiger partial charge in [0.25, 0.3) is 0 Å². The van der Waals surface area contributed by atoms with Gasteiger partial charge in [0.05, 0.1) is 6.04 Å². The van der Waals surface area contributed by atoms with E-state index in [2.05, 4.69) is 10.2 Å². The minimum atomic E-state index is -0.364. The van der Waals surface area contributed by atoms with Crippen molar-refractivity contribution >= 4 is 5.91 Å². The highest BCUT2D eigenvalue weighted by Crippen LogP contribution is 2.27. The van der Waals surface area contributed by atoms with Crippen LogP contribution in [-0.2, 0) is 9.53 Å². The Morgan fingerprint density at radius 3 is 2.75 bits per heavy atom. The molecule has 3 aliphatic heterocycles. The number of piperidine rings is 1. The molecule has 3 fully saturated rings. The van der Waals surface area contributed by atoms with Gasteiger partial charge in [-0.1, -0.05) is 6.42 Å². The zero-order valence-corrected chi connectivity index (χ0v) is 12.2. The molecule has 3 heterocycles. The zero-order chi connectivity index (χ0) is 13.9. The third-order valence-corrected chi connectivity index (χ3v) is 5.26. The predicted octanol–water partition coefficient (Wildman–Crippen LogP) is 0.483. The number of hydrogen-bond donors (Lipinski definition) is 2. The first-order valence-electron chi connectivity index (χ1n) is 8.13. The van der Waals surface area contributed by atoms with E-state index in [1.807, 2.05) is 0 Å². The Kier molecular flexibility index (Phi) is 4.58. The monoisotopic (exact) mass is 281 g/mol. The number of nitrogens with zero attached hydrogens (tertiary/aromatic N) is 1. The summed E-state index contributed by atoms with van der Waals surface area (Å²) in [4.78, 5) is 14.9. The molecule has 0 radical (unpaired) electrons. The number of carbonyl (C=O) groups is 1. The smallest absolute Gasteiger partial charge is 0.237 e. The quantitative estimate of drug-likeness (QED) is 0.790. The van der Waals surface area contributed by atoms with E-state index in [9.17, 15) is 4.79 Å². The molecule has 5 heteroatoms. The lowest BCUT2D eigenvalue weighted by Gasteiger charge is -2.33. The van der Waals surface area contributed by atoms with E-state index in [0.29, 0.717) is 12.1 Å². The minimum Gasteiger partial charge on any atom is -0.381 e. The van der Waals surface area contributed by atoms with Crippen LogP contribution in [0.4, 0.5) is 0 Å². The van der Waals surface area contributed by atoms with Crippen LogP contribution >= 0.6 is 0 Å². The molecule has 0 aromatic rings. The minimum absolute atomic E-state index is 0.0503. The van der Waals surface area contributed by atoms with Gasteiger partial charge in [-0.3, -0.25) is 9.69 Å². The fraction of sp³-hybridized carbons (Fsp3) is 0.933. The molecule has 0 aliphatic carbocycles. The molecule has 0 aromatic heterocycles. The largest absolute Gasteiger partial charge is 0.381 e. The van der Waals surface area contributed by atoms with Crippen molar-refractivity contribution < 1.29 is 9.53 Å². The second kappa shape index (κ2) is 6.41. The summed E-state index contributed by atoms with van der Waals surface area (Å²) >= 11 is 0. The molecule has 3 saturated heterocycles. The second-order valence-corrected chi connectivity index (χ2v) is 6.48. The van der Waals surface area contributed by atoms with Crippen molar-refractivity contribution in [2.75, 3.05) is 26.3 Å². The number of nitrogens with one attached hydrogen (secondary N) is 1. The van der Waals surface area contributed by atoms with Crippen LogP contribution in [0.5, 0.6) is 0 Å². The summed E-state index contributed by atoms with van der Waals surface area (Å²) in [6.07, 6.45) is 6.72. The normalized spacial score (nSPS) is 33.6. The van der Waals surface area contributed by atoms with Gasteiger partial charge in [0.2, 0.25) is 5.91 Å². The van der Waals surface area contributed by atoms with E-state index >= 15 is 0 Å². The fourth-order valence-corrected chi connectivity index (χ4v) is 3.98. The van der Waals surface area contributed by atoms with Gasteiger partial charge in [-0.2, -0.15) is 0 Å². The first kappa shape index (κ1) is 14.3. The lowest BCUT2D eigenvalue weighted by Crippen LogP contribution is -2.53. The maximum Gasteiger partial charge on any atom is 0.237 e. The molecule has 3 atom stereocenters. The van der Waals surface area contributed by atoms with Crippen LogP contribution < -0.4 is 11.1 Å². The van der Waals surface area contributed by atoms with Gasteiger partial charge in [-0.25, -0.2) is 0 Å². The lowest BCUT2D eigenvalue weighted by molar-refractivity contribution is -0.125. The molecule has 20 heavy (non-hydrogen) atoms. The van der Waals surface area contributed by atoms with E-state index in [-0.39, 0.29) is 17.9 Å². The van der Waals surface area contributed by atoms with Gasteiger partial charge in [0.15, 0.2) is 0 Å². The first-order chi connectivity index (χ1) is 9.75. The van der Waals surface area contributed by atoms with E-state index in [4.69, 9.17) is 10.5 Å². The molecule has 3 aliphatic rings. The Balaban J connectivity index is 1.52. The third kappa shape index (κ3) is 3.00. The van der Waals surface area contributed by atoms with Crippen LogP contribution in [-0.4, -0.2) is 55.2 Å². The molecule has 0 spiro atoms. The van der Waals surface area contributed by atoms with Crippen molar-refractivity contribution in [3.8, 4) is 0 Å². The summed E-state index contributed by atoms with van der Waals surface area (Å²) in [5.74, 6) is 0.335. The van der Waals surface area contributed by atoms with Gasteiger partial charge in [0.1, 0.15) is 0 Å². The number of ether oxygens (including phenoxy) is 1. The van der Waals surface area contributed by atoms with Crippen molar-refractivity contribution in [3.63, 3.8) is 0 Å². The number of carbonyl (C=O) groups excluding carboxylic acids is 1. The van der Waals surface area contributed by atoms with Gasteiger partial charge >= 0.3 is 0 Å². The average molecular weight is 281 g/mol. The van der Waals surface area contributed by atoms with Crippen LogP contribution in [0, 0.1) is 5.92 Å². The van der Waals surface area contributed by atoms with Crippen LogP contribution in [0.3, 0.4) is 0 Å². The molecular weight excluding hydrogens is 254 g/mol. The molecular formula is C15H27N3O2. The van der Waals surface area contributed by atoms with Gasteiger partial charge in [-0.05, 0) is 44.6 Å². The van der Waals surface area contributed by atoms with Crippen molar-refractivity contribution in [1.29, 1.82) is 0 Å². The molecule has 3 rings (SSSR count). The van der Waals surface area contributed by atoms with Crippen molar-refractivity contribution in [2.45, 2.75) is 56.7 Å². The van der Waals surface area contributed by atoms with Crippen LogP contribution in [0.25, 0.3) is 0 Å². The summed E-state index contributed by atoms with van der Waals surface area (Å²) in [5.41, 5.74) is 6.16. The molecule has 1 amide bonds. The Labute approximate surface area is 121 Å². The second-order valence-electron chi connectivity index (χ2n) is 6.48. The Hall–Kier alpha value is -0.650. The summed E-state index contributed by atoms with van der Waals surface area (Å²) in [5, 5.41) is 3.23. The molecule has 0 saturated carbocycles. The van der Waals surface area contributed by atoms with Gasteiger partial charge < -0.3 is 15.8 Å². The SMILES string of the molecule is NC(C(=O)NC1CCN2CCCCC12)C1CCOCC1. The highest BCUT2D eigenvalue weighted by molar-refractivity contribution is 5.82. The van der Waals surface area contributed by atoms with Crippen LogP contribution in [0.2, 0.25) is 0 Å². The number of rotatable bonds is 3. The van der Waals surface area contributed by atoms with E-state index in [1.165, 1.54) is 25.8 Å². The fourth-order valence-electron chi connectivity index (χ4n) is 3.98. The Bertz CT molecular complexity index is 344. The lowest BCUT2D eigenvalue weighted by atomic mass is 9.91. The maximum absolute atomic E-state index is 12.4. The first-order valence-corrected chi connectivity index (χ1v) is 8.13.